The lowest BCUT2D eigenvalue weighted by Gasteiger charge is -2.17. The van der Waals surface area contributed by atoms with Crippen molar-refractivity contribution in [3.8, 4) is 23.0 Å². The number of benzene rings is 2. The second-order valence-corrected chi connectivity index (χ2v) is 6.14. The van der Waals surface area contributed by atoms with Crippen molar-refractivity contribution in [1.29, 1.82) is 0 Å². The van der Waals surface area contributed by atoms with E-state index in [1.807, 2.05) is 20.8 Å². The Kier molecular flexibility index (Phi) is 6.41. The van der Waals surface area contributed by atoms with Gasteiger partial charge in [-0.25, -0.2) is 9.78 Å². The minimum atomic E-state index is -0.581. The van der Waals surface area contributed by atoms with E-state index in [0.29, 0.717) is 48.0 Å². The average molecular weight is 412 g/mol. The SMILES string of the molecule is CCOc1cc(OC(=O)c2ccc3nc(N)nc(N)c3c2)cc(OCC)c1OCC. The van der Waals surface area contributed by atoms with E-state index < -0.39 is 5.97 Å². The number of esters is 1. The van der Waals surface area contributed by atoms with Crippen LogP contribution in [0.15, 0.2) is 30.3 Å². The first kappa shape index (κ1) is 21.0. The van der Waals surface area contributed by atoms with Crippen LogP contribution in [-0.4, -0.2) is 35.8 Å². The summed E-state index contributed by atoms with van der Waals surface area (Å²) in [6, 6.07) is 7.96. The van der Waals surface area contributed by atoms with Crippen molar-refractivity contribution in [2.24, 2.45) is 0 Å². The Balaban J connectivity index is 1.94. The van der Waals surface area contributed by atoms with Crippen LogP contribution in [0, 0.1) is 0 Å². The minimum Gasteiger partial charge on any atom is -0.490 e. The quantitative estimate of drug-likeness (QED) is 0.423. The molecule has 0 aliphatic heterocycles. The van der Waals surface area contributed by atoms with E-state index in [9.17, 15) is 4.79 Å². The number of carbonyl (C=O) groups excluding carboxylic acids is 1. The van der Waals surface area contributed by atoms with Crippen LogP contribution in [0.5, 0.6) is 23.0 Å². The number of nitrogens with zero attached hydrogens (tertiary/aromatic N) is 2. The maximum atomic E-state index is 12.7. The Morgan fingerprint density at radius 2 is 1.53 bits per heavy atom. The number of carbonyl (C=O) groups is 1. The predicted molar refractivity (Wildman–Crippen MR) is 113 cm³/mol. The fraction of sp³-hybridized carbons (Fsp3) is 0.286. The van der Waals surface area contributed by atoms with E-state index in [2.05, 4.69) is 9.97 Å². The van der Waals surface area contributed by atoms with E-state index in [1.54, 1.807) is 30.3 Å². The van der Waals surface area contributed by atoms with Gasteiger partial charge in [-0.2, -0.15) is 4.98 Å². The summed E-state index contributed by atoms with van der Waals surface area (Å²) in [5.41, 5.74) is 12.3. The lowest BCUT2D eigenvalue weighted by molar-refractivity contribution is 0.0734. The van der Waals surface area contributed by atoms with Gasteiger partial charge in [0, 0.05) is 17.5 Å². The number of aromatic nitrogens is 2. The number of nitrogens with two attached hydrogens (primary N) is 2. The monoisotopic (exact) mass is 412 g/mol. The van der Waals surface area contributed by atoms with E-state index >= 15 is 0 Å². The number of hydrogen-bond acceptors (Lipinski definition) is 9. The van der Waals surface area contributed by atoms with E-state index in [4.69, 9.17) is 30.4 Å². The highest BCUT2D eigenvalue weighted by Crippen LogP contribution is 2.41. The van der Waals surface area contributed by atoms with E-state index in [-0.39, 0.29) is 23.1 Å². The normalized spacial score (nSPS) is 10.6. The third-order valence-electron chi connectivity index (χ3n) is 4.07. The maximum Gasteiger partial charge on any atom is 0.343 e. The highest BCUT2D eigenvalue weighted by molar-refractivity contribution is 5.98. The molecule has 0 spiro atoms. The van der Waals surface area contributed by atoms with Crippen molar-refractivity contribution in [1.82, 2.24) is 9.97 Å². The van der Waals surface area contributed by atoms with Crippen LogP contribution in [0.4, 0.5) is 11.8 Å². The van der Waals surface area contributed by atoms with Crippen LogP contribution >= 0.6 is 0 Å². The Hall–Kier alpha value is -3.75. The standard InChI is InChI=1S/C21H24N4O5/c1-4-27-16-10-13(11-17(28-5-2)18(16)29-6-3)30-20(26)12-7-8-15-14(9-12)19(22)25-21(23)24-15/h7-11H,4-6H2,1-3H3,(H4,22,23,24,25). The molecule has 1 heterocycles. The molecule has 0 saturated heterocycles. The third-order valence-corrected chi connectivity index (χ3v) is 4.07. The van der Waals surface area contributed by atoms with Gasteiger partial charge in [-0.3, -0.25) is 0 Å². The fourth-order valence-corrected chi connectivity index (χ4v) is 2.89. The van der Waals surface area contributed by atoms with Crippen LogP contribution < -0.4 is 30.4 Å². The van der Waals surface area contributed by atoms with Gasteiger partial charge >= 0.3 is 5.97 Å². The Bertz CT molecular complexity index is 1040. The van der Waals surface area contributed by atoms with Crippen LogP contribution in [0.1, 0.15) is 31.1 Å². The van der Waals surface area contributed by atoms with Gasteiger partial charge < -0.3 is 30.4 Å². The summed E-state index contributed by atoms with van der Waals surface area (Å²) >= 11 is 0. The molecule has 2 aromatic carbocycles. The van der Waals surface area contributed by atoms with Crippen LogP contribution in [0.25, 0.3) is 10.9 Å². The smallest absolute Gasteiger partial charge is 0.343 e. The molecule has 0 saturated carbocycles. The lowest BCUT2D eigenvalue weighted by Crippen LogP contribution is -2.10. The van der Waals surface area contributed by atoms with Crippen molar-refractivity contribution >= 4 is 28.6 Å². The van der Waals surface area contributed by atoms with E-state index in [0.717, 1.165) is 0 Å². The number of hydrogen-bond donors (Lipinski definition) is 2. The van der Waals surface area contributed by atoms with Gasteiger partial charge in [-0.05, 0) is 39.0 Å². The molecule has 0 radical (unpaired) electrons. The zero-order valence-corrected chi connectivity index (χ0v) is 17.1. The molecular weight excluding hydrogens is 388 g/mol. The van der Waals surface area contributed by atoms with Crippen molar-refractivity contribution in [2.45, 2.75) is 20.8 Å². The summed E-state index contributed by atoms with van der Waals surface area (Å²) in [5, 5.41) is 0.510. The average Bonchev–Trinajstić information content (AvgIpc) is 2.70. The third kappa shape index (κ3) is 4.45. The van der Waals surface area contributed by atoms with Gasteiger partial charge in [0.05, 0.1) is 30.9 Å². The highest BCUT2D eigenvalue weighted by Gasteiger charge is 2.18. The summed E-state index contributed by atoms with van der Waals surface area (Å²) in [5.74, 6) is 1.26. The number of anilines is 2. The van der Waals surface area contributed by atoms with Crippen molar-refractivity contribution < 1.29 is 23.7 Å². The van der Waals surface area contributed by atoms with Gasteiger partial charge in [-0.1, -0.05) is 0 Å². The lowest BCUT2D eigenvalue weighted by atomic mass is 10.1. The molecular formula is C21H24N4O5. The second kappa shape index (κ2) is 9.17. The Morgan fingerprint density at radius 3 is 2.13 bits per heavy atom. The van der Waals surface area contributed by atoms with Gasteiger partial charge in [-0.15, -0.1) is 0 Å². The van der Waals surface area contributed by atoms with Gasteiger partial charge in [0.15, 0.2) is 11.5 Å². The number of fused-ring (bicyclic) bond motifs is 1. The molecule has 158 valence electrons. The summed E-state index contributed by atoms with van der Waals surface area (Å²) in [4.78, 5) is 20.8. The molecule has 0 aliphatic carbocycles. The van der Waals surface area contributed by atoms with Crippen LogP contribution in [0.3, 0.4) is 0 Å². The molecule has 4 N–H and O–H groups in total. The van der Waals surface area contributed by atoms with Gasteiger partial charge in [0.25, 0.3) is 0 Å². The fourth-order valence-electron chi connectivity index (χ4n) is 2.89. The molecule has 30 heavy (non-hydrogen) atoms. The Labute approximate surface area is 173 Å². The van der Waals surface area contributed by atoms with Gasteiger partial charge in [0.1, 0.15) is 11.6 Å². The van der Waals surface area contributed by atoms with Crippen LogP contribution in [0.2, 0.25) is 0 Å². The molecule has 1 aromatic heterocycles. The summed E-state index contributed by atoms with van der Waals surface area (Å²) in [7, 11) is 0. The molecule has 3 aromatic rings. The van der Waals surface area contributed by atoms with Gasteiger partial charge in [0.2, 0.25) is 11.7 Å². The van der Waals surface area contributed by atoms with Crippen molar-refractivity contribution in [3.05, 3.63) is 35.9 Å². The highest BCUT2D eigenvalue weighted by atomic mass is 16.6. The number of nitrogen functional groups attached to an aromatic ring is 2. The summed E-state index contributed by atoms with van der Waals surface area (Å²) in [6.45, 7) is 6.82. The van der Waals surface area contributed by atoms with Crippen molar-refractivity contribution in [2.75, 3.05) is 31.3 Å². The summed E-state index contributed by atoms with van der Waals surface area (Å²) < 4.78 is 22.5. The largest absolute Gasteiger partial charge is 0.490 e. The number of ether oxygens (including phenoxy) is 4. The molecule has 0 amide bonds. The zero-order valence-electron chi connectivity index (χ0n) is 17.1. The summed E-state index contributed by atoms with van der Waals surface area (Å²) in [6.07, 6.45) is 0. The van der Waals surface area contributed by atoms with E-state index in [1.165, 1.54) is 0 Å². The molecule has 0 aliphatic rings. The molecule has 9 heteroatoms. The molecule has 0 fully saturated rings. The zero-order chi connectivity index (χ0) is 21.7. The predicted octanol–water partition coefficient (Wildman–Crippen LogP) is 3.21. The first-order chi connectivity index (χ1) is 14.5. The Morgan fingerprint density at radius 1 is 0.900 bits per heavy atom. The molecule has 0 bridgehead atoms. The molecule has 9 nitrogen and oxygen atoms in total. The second-order valence-electron chi connectivity index (χ2n) is 6.14. The topological polar surface area (TPSA) is 132 Å². The molecule has 0 atom stereocenters. The first-order valence-electron chi connectivity index (χ1n) is 9.58. The molecule has 3 rings (SSSR count). The molecule has 0 unspecified atom stereocenters. The maximum absolute atomic E-state index is 12.7. The van der Waals surface area contributed by atoms with Crippen molar-refractivity contribution in [3.63, 3.8) is 0 Å². The number of rotatable bonds is 8. The minimum absolute atomic E-state index is 0.0663. The van der Waals surface area contributed by atoms with Crippen LogP contribution in [-0.2, 0) is 0 Å². The first-order valence-corrected chi connectivity index (χ1v) is 9.58.